The number of rotatable bonds is 4. The van der Waals surface area contributed by atoms with Crippen molar-refractivity contribution in [3.63, 3.8) is 0 Å². The second-order valence-electron chi connectivity index (χ2n) is 3.20. The summed E-state index contributed by atoms with van der Waals surface area (Å²) >= 11 is 2.16. The molecule has 1 aromatic rings. The van der Waals surface area contributed by atoms with Crippen LogP contribution in [0.1, 0.15) is 15.9 Å². The summed E-state index contributed by atoms with van der Waals surface area (Å²) in [6.45, 7) is 2.21. The van der Waals surface area contributed by atoms with Crippen LogP contribution in [0.15, 0.2) is 18.2 Å². The quantitative estimate of drug-likeness (QED) is 0.397. The van der Waals surface area contributed by atoms with Crippen LogP contribution in [-0.2, 0) is 0 Å². The monoisotopic (exact) mass is 334 g/mol. The summed E-state index contributed by atoms with van der Waals surface area (Å²) < 4.78 is 0.829. The van der Waals surface area contributed by atoms with Gasteiger partial charge >= 0.3 is 0 Å². The number of amides is 1. The number of hydrogen-bond donors (Lipinski definition) is 1. The number of halogens is 1. The van der Waals surface area contributed by atoms with Crippen LogP contribution >= 0.6 is 22.6 Å². The molecule has 0 atom stereocenters. The third-order valence-corrected chi connectivity index (χ3v) is 2.58. The lowest BCUT2D eigenvalue weighted by Gasteiger charge is -2.04. The van der Waals surface area contributed by atoms with Gasteiger partial charge < -0.3 is 5.32 Å². The van der Waals surface area contributed by atoms with Gasteiger partial charge in [-0.3, -0.25) is 14.9 Å². The average Bonchev–Trinajstić information content (AvgIpc) is 2.25. The van der Waals surface area contributed by atoms with Crippen molar-refractivity contribution in [2.45, 2.75) is 6.92 Å². The molecule has 0 aliphatic carbocycles. The van der Waals surface area contributed by atoms with Crippen molar-refractivity contribution in [3.05, 3.63) is 39.4 Å². The average molecular weight is 334 g/mol. The van der Waals surface area contributed by atoms with Gasteiger partial charge in [0.2, 0.25) is 0 Å². The van der Waals surface area contributed by atoms with Crippen LogP contribution in [0.3, 0.4) is 0 Å². The Labute approximate surface area is 107 Å². The van der Waals surface area contributed by atoms with Crippen molar-refractivity contribution in [2.24, 2.45) is 0 Å². The van der Waals surface area contributed by atoms with E-state index in [0.717, 1.165) is 4.43 Å². The molecule has 0 saturated heterocycles. The smallest absolute Gasteiger partial charge is 0.272 e. The van der Waals surface area contributed by atoms with Gasteiger partial charge in [-0.15, -0.1) is 0 Å². The van der Waals surface area contributed by atoms with Crippen LogP contribution in [-0.4, -0.2) is 21.8 Å². The normalized spacial score (nSPS) is 9.88. The second kappa shape index (κ2) is 5.78. The summed E-state index contributed by atoms with van der Waals surface area (Å²) in [4.78, 5) is 21.7. The maximum absolute atomic E-state index is 11.6. The maximum Gasteiger partial charge on any atom is 0.272 e. The van der Waals surface area contributed by atoms with E-state index in [1.807, 2.05) is 0 Å². The van der Waals surface area contributed by atoms with Gasteiger partial charge in [-0.25, -0.2) is 0 Å². The Morgan fingerprint density at radius 2 is 2.25 bits per heavy atom. The van der Waals surface area contributed by atoms with Gasteiger partial charge in [-0.05, 0) is 19.1 Å². The largest absolute Gasteiger partial charge is 0.351 e. The fourth-order valence-electron chi connectivity index (χ4n) is 1.26. The zero-order valence-corrected chi connectivity index (χ0v) is 10.9. The predicted molar refractivity (Wildman–Crippen MR) is 69.1 cm³/mol. The Morgan fingerprint density at radius 1 is 1.56 bits per heavy atom. The first-order chi connectivity index (χ1) is 7.56. The summed E-state index contributed by atoms with van der Waals surface area (Å²) in [5.41, 5.74) is 0.977. The number of aryl methyl sites for hydroxylation is 1. The highest BCUT2D eigenvalue weighted by Crippen LogP contribution is 2.18. The first-order valence-electron chi connectivity index (χ1n) is 4.65. The highest BCUT2D eigenvalue weighted by Gasteiger charge is 2.13. The predicted octanol–water partition coefficient (Wildman–Crippen LogP) is 2.07. The van der Waals surface area contributed by atoms with Gasteiger partial charge in [0, 0.05) is 28.2 Å². The number of alkyl halides is 1. The highest BCUT2D eigenvalue weighted by atomic mass is 127. The first kappa shape index (κ1) is 12.9. The van der Waals surface area contributed by atoms with Crippen LogP contribution in [0.25, 0.3) is 0 Å². The molecule has 1 amide bonds. The van der Waals surface area contributed by atoms with E-state index < -0.39 is 4.92 Å². The topological polar surface area (TPSA) is 72.2 Å². The van der Waals surface area contributed by atoms with E-state index in [-0.39, 0.29) is 11.6 Å². The number of nitro benzene ring substituents is 1. The van der Waals surface area contributed by atoms with Gasteiger partial charge in [0.1, 0.15) is 0 Å². The number of benzene rings is 1. The van der Waals surface area contributed by atoms with E-state index in [2.05, 4.69) is 27.9 Å². The number of carbonyl (C=O) groups is 1. The van der Waals surface area contributed by atoms with Gasteiger partial charge in [0.05, 0.1) is 4.92 Å². The van der Waals surface area contributed by atoms with Crippen LogP contribution in [0.5, 0.6) is 0 Å². The Balaban J connectivity index is 2.88. The maximum atomic E-state index is 11.6. The lowest BCUT2D eigenvalue weighted by atomic mass is 10.1. The molecule has 0 saturated carbocycles. The zero-order valence-electron chi connectivity index (χ0n) is 8.70. The molecule has 0 spiro atoms. The summed E-state index contributed by atoms with van der Waals surface area (Å²) in [6.07, 6.45) is 0. The molecule has 6 heteroatoms. The number of nitro groups is 1. The summed E-state index contributed by atoms with van der Waals surface area (Å²) in [7, 11) is 0. The van der Waals surface area contributed by atoms with E-state index in [1.54, 1.807) is 6.92 Å². The molecule has 0 aliphatic heterocycles. The molecule has 1 aromatic carbocycles. The minimum Gasteiger partial charge on any atom is -0.351 e. The van der Waals surface area contributed by atoms with E-state index >= 15 is 0 Å². The van der Waals surface area contributed by atoms with Gasteiger partial charge in [0.15, 0.2) is 0 Å². The Morgan fingerprint density at radius 3 is 2.75 bits per heavy atom. The molecule has 0 heterocycles. The van der Waals surface area contributed by atoms with E-state index in [1.165, 1.54) is 18.2 Å². The number of nitrogens with one attached hydrogen (secondary N) is 1. The summed E-state index contributed by atoms with van der Waals surface area (Å²) in [6, 6.07) is 4.35. The molecule has 5 nitrogen and oxygen atoms in total. The first-order valence-corrected chi connectivity index (χ1v) is 6.18. The molecule has 0 aromatic heterocycles. The van der Waals surface area contributed by atoms with Crippen molar-refractivity contribution < 1.29 is 9.72 Å². The minimum atomic E-state index is -0.456. The van der Waals surface area contributed by atoms with Gasteiger partial charge in [-0.2, -0.15) is 0 Å². The fraction of sp³-hybridized carbons (Fsp3) is 0.300. The Hall–Kier alpha value is -1.18. The van der Waals surface area contributed by atoms with E-state index in [0.29, 0.717) is 17.7 Å². The van der Waals surface area contributed by atoms with Crippen LogP contribution in [0.2, 0.25) is 0 Å². The summed E-state index contributed by atoms with van der Waals surface area (Å²) in [5, 5.41) is 13.3. The van der Waals surface area contributed by atoms with Crippen molar-refractivity contribution in [1.82, 2.24) is 5.32 Å². The van der Waals surface area contributed by atoms with Gasteiger partial charge in [-0.1, -0.05) is 22.6 Å². The fourth-order valence-corrected chi connectivity index (χ4v) is 1.53. The van der Waals surface area contributed by atoms with Gasteiger partial charge in [0.25, 0.3) is 11.6 Å². The van der Waals surface area contributed by atoms with Crippen molar-refractivity contribution in [3.8, 4) is 0 Å². The Kier molecular flexibility index (Phi) is 4.66. The molecule has 1 rings (SSSR count). The van der Waals surface area contributed by atoms with Crippen molar-refractivity contribution in [2.75, 3.05) is 11.0 Å². The highest BCUT2D eigenvalue weighted by molar-refractivity contribution is 14.1. The van der Waals surface area contributed by atoms with E-state index in [4.69, 9.17) is 0 Å². The molecule has 16 heavy (non-hydrogen) atoms. The molecular formula is C10H11IN2O3. The third kappa shape index (κ3) is 3.16. The van der Waals surface area contributed by atoms with E-state index in [9.17, 15) is 14.9 Å². The number of hydrogen-bond acceptors (Lipinski definition) is 3. The van der Waals surface area contributed by atoms with Crippen molar-refractivity contribution in [1.29, 1.82) is 0 Å². The molecule has 86 valence electrons. The zero-order chi connectivity index (χ0) is 12.1. The van der Waals surface area contributed by atoms with Crippen molar-refractivity contribution >= 4 is 34.2 Å². The SMILES string of the molecule is Cc1cc(C(=O)NCCI)ccc1[N+](=O)[O-]. The van der Waals surface area contributed by atoms with Crippen LogP contribution in [0.4, 0.5) is 5.69 Å². The lowest BCUT2D eigenvalue weighted by molar-refractivity contribution is -0.385. The molecular weight excluding hydrogens is 323 g/mol. The summed E-state index contributed by atoms with van der Waals surface area (Å²) in [5.74, 6) is -0.199. The molecule has 0 radical (unpaired) electrons. The molecule has 0 aliphatic rings. The number of nitrogens with zero attached hydrogens (tertiary/aromatic N) is 1. The minimum absolute atomic E-state index is 0.0328. The van der Waals surface area contributed by atoms with Crippen LogP contribution < -0.4 is 5.32 Å². The molecule has 0 unspecified atom stereocenters. The Bertz CT molecular complexity index is 421. The van der Waals surface area contributed by atoms with Crippen LogP contribution in [0, 0.1) is 17.0 Å². The number of carbonyl (C=O) groups excluding carboxylic acids is 1. The molecule has 0 bridgehead atoms. The molecule has 1 N–H and O–H groups in total. The standard InChI is InChI=1S/C10H11IN2O3/c1-7-6-8(10(14)12-5-4-11)2-3-9(7)13(15)16/h2-3,6H,4-5H2,1H3,(H,12,14). The molecule has 0 fully saturated rings. The second-order valence-corrected chi connectivity index (χ2v) is 4.28. The third-order valence-electron chi connectivity index (χ3n) is 2.04. The lowest BCUT2D eigenvalue weighted by Crippen LogP contribution is -2.25.